The van der Waals surface area contributed by atoms with Gasteiger partial charge in [-0.05, 0) is 48.6 Å². The maximum absolute atomic E-state index is 12.6. The Morgan fingerprint density at radius 3 is 2.88 bits per heavy atom. The largest absolute Gasteiger partial charge is 0.496 e. The highest BCUT2D eigenvalue weighted by Gasteiger charge is 2.28. The Hall–Kier alpha value is -2.10. The topological polar surface area (TPSA) is 53.6 Å². The molecule has 6 heteroatoms. The summed E-state index contributed by atoms with van der Waals surface area (Å²) in [5.41, 5.74) is 3.15. The number of amides is 1. The first-order valence-corrected chi connectivity index (χ1v) is 9.44. The number of hydrogen-bond acceptors (Lipinski definition) is 4. The van der Waals surface area contributed by atoms with Crippen molar-refractivity contribution in [2.24, 2.45) is 0 Å². The summed E-state index contributed by atoms with van der Waals surface area (Å²) in [5, 5.41) is 7.52. The molecule has 25 heavy (non-hydrogen) atoms. The van der Waals surface area contributed by atoms with Crippen molar-refractivity contribution >= 4 is 19.8 Å². The quantitative estimate of drug-likeness (QED) is 0.606. The van der Waals surface area contributed by atoms with Gasteiger partial charge in [0, 0.05) is 25.4 Å². The number of nitrogens with zero attached hydrogens (tertiary/aromatic N) is 1. The van der Waals surface area contributed by atoms with Gasteiger partial charge in [0.25, 0.3) is 5.91 Å². The number of ether oxygens (including phenoxy) is 1. The number of carbonyl (C=O) groups is 1. The molecule has 2 aliphatic rings. The third kappa shape index (κ3) is 3.94. The van der Waals surface area contributed by atoms with Crippen LogP contribution in [-0.4, -0.2) is 43.8 Å². The summed E-state index contributed by atoms with van der Waals surface area (Å²) in [7, 11) is 4.12. The molecule has 3 rings (SSSR count). The Kier molecular flexibility index (Phi) is 5.57. The van der Waals surface area contributed by atoms with Crippen molar-refractivity contribution in [3.8, 4) is 5.75 Å². The van der Waals surface area contributed by atoms with Crippen LogP contribution in [0.2, 0.25) is 0 Å². The summed E-state index contributed by atoms with van der Waals surface area (Å²) in [4.78, 5) is 14.4. The van der Waals surface area contributed by atoms with Crippen molar-refractivity contribution in [3.05, 3.63) is 59.5 Å². The molecule has 0 bridgehead atoms. The van der Waals surface area contributed by atoms with Crippen LogP contribution in [0.25, 0.3) is 5.31 Å². The fraction of sp³-hybridized carbons (Fsp3) is 0.316. The van der Waals surface area contributed by atoms with E-state index in [-0.39, 0.29) is 11.7 Å². The number of hydrogen-bond donors (Lipinski definition) is 2. The molecule has 2 heterocycles. The Labute approximate surface area is 150 Å². The fourth-order valence-corrected chi connectivity index (χ4v) is 4.31. The lowest BCUT2D eigenvalue weighted by atomic mass is 10.1. The first-order valence-electron chi connectivity index (χ1n) is 8.36. The second kappa shape index (κ2) is 7.85. The molecule has 2 aliphatic heterocycles. The number of carbonyl (C=O) groups excluding carboxylic acids is 1. The third-order valence-electron chi connectivity index (χ3n) is 4.27. The van der Waals surface area contributed by atoms with Crippen LogP contribution in [0, 0.1) is 6.92 Å². The molecular weight excluding hydrogens is 333 g/mol. The first-order chi connectivity index (χ1) is 12.1. The van der Waals surface area contributed by atoms with Crippen LogP contribution in [0.15, 0.2) is 48.3 Å². The first kappa shape index (κ1) is 17.7. The Balaban J connectivity index is 1.78. The van der Waals surface area contributed by atoms with Gasteiger partial charge in [-0.1, -0.05) is 20.7 Å². The second-order valence-electron chi connectivity index (χ2n) is 6.05. The second-order valence-corrected chi connectivity index (χ2v) is 7.47. The Morgan fingerprint density at radius 2 is 2.16 bits per heavy atom. The van der Waals surface area contributed by atoms with E-state index in [9.17, 15) is 4.79 Å². The minimum atomic E-state index is 0.0319. The SMILES string of the molecule is CNCCNC1=CN2C(=O)C=C(c3ccc(OC)c(C)c3)PC2C=C1. The van der Waals surface area contributed by atoms with Gasteiger partial charge in [-0.15, -0.1) is 0 Å². The van der Waals surface area contributed by atoms with Crippen LogP contribution in [0.5, 0.6) is 5.75 Å². The van der Waals surface area contributed by atoms with Crippen LogP contribution in [0.4, 0.5) is 0 Å². The molecule has 1 aromatic rings. The van der Waals surface area contributed by atoms with Gasteiger partial charge in [-0.2, -0.15) is 0 Å². The molecule has 0 fully saturated rings. The number of likely N-dealkylation sites (N-methyl/N-ethyl adjacent to an activating group) is 1. The summed E-state index contributed by atoms with van der Waals surface area (Å²) >= 11 is 0. The molecule has 5 nitrogen and oxygen atoms in total. The maximum Gasteiger partial charge on any atom is 0.252 e. The van der Waals surface area contributed by atoms with Gasteiger partial charge in [-0.25, -0.2) is 0 Å². The standard InChI is InChI=1S/C19H24N3O2P/c1-13-10-14(4-6-16(13)24-3)17-11-18(23)22-12-15(21-9-8-20-2)5-7-19(22)25-17/h4-7,10-12,19-21,25H,8-9H2,1-3H3. The van der Waals surface area contributed by atoms with Crippen molar-refractivity contribution in [2.75, 3.05) is 27.2 Å². The monoisotopic (exact) mass is 357 g/mol. The third-order valence-corrected chi connectivity index (χ3v) is 5.78. The van der Waals surface area contributed by atoms with Crippen LogP contribution in [0.1, 0.15) is 11.1 Å². The lowest BCUT2D eigenvalue weighted by Crippen LogP contribution is -2.37. The molecular formula is C19H24N3O2P. The smallest absolute Gasteiger partial charge is 0.252 e. The van der Waals surface area contributed by atoms with E-state index in [0.29, 0.717) is 8.58 Å². The fourth-order valence-electron chi connectivity index (χ4n) is 2.93. The lowest BCUT2D eigenvalue weighted by molar-refractivity contribution is -0.123. The van der Waals surface area contributed by atoms with E-state index in [2.05, 4.69) is 28.9 Å². The number of nitrogens with one attached hydrogen (secondary N) is 2. The van der Waals surface area contributed by atoms with Crippen LogP contribution < -0.4 is 15.4 Å². The molecule has 132 valence electrons. The highest BCUT2D eigenvalue weighted by Crippen LogP contribution is 2.44. The average molecular weight is 357 g/mol. The number of aryl methyl sites for hydroxylation is 1. The molecule has 1 amide bonds. The van der Waals surface area contributed by atoms with E-state index in [1.165, 1.54) is 0 Å². The summed E-state index contributed by atoms with van der Waals surface area (Å²) in [6.45, 7) is 3.73. The Morgan fingerprint density at radius 1 is 1.32 bits per heavy atom. The number of allylic oxidation sites excluding steroid dienone is 1. The van der Waals surface area contributed by atoms with Gasteiger partial charge in [0.15, 0.2) is 0 Å². The summed E-state index contributed by atoms with van der Waals surface area (Å²) in [5.74, 6) is 1.00. The summed E-state index contributed by atoms with van der Waals surface area (Å²) in [6.07, 6.45) is 7.86. The van der Waals surface area contributed by atoms with E-state index in [4.69, 9.17) is 4.74 Å². The average Bonchev–Trinajstić information content (AvgIpc) is 2.62. The van der Waals surface area contributed by atoms with Crippen LogP contribution >= 0.6 is 8.58 Å². The van der Waals surface area contributed by atoms with Gasteiger partial charge in [0.1, 0.15) is 5.75 Å². The van der Waals surface area contributed by atoms with E-state index in [1.54, 1.807) is 13.2 Å². The molecule has 2 unspecified atom stereocenters. The highest BCUT2D eigenvalue weighted by atomic mass is 31.1. The zero-order valence-corrected chi connectivity index (χ0v) is 15.8. The van der Waals surface area contributed by atoms with Crippen molar-refractivity contribution < 1.29 is 9.53 Å². The number of rotatable bonds is 6. The number of fused-ring (bicyclic) bond motifs is 1. The highest BCUT2D eigenvalue weighted by molar-refractivity contribution is 7.51. The van der Waals surface area contributed by atoms with Gasteiger partial charge in [0.2, 0.25) is 0 Å². The normalized spacial score (nSPS) is 20.2. The van der Waals surface area contributed by atoms with Crippen molar-refractivity contribution in [3.63, 3.8) is 0 Å². The van der Waals surface area contributed by atoms with Crippen LogP contribution in [-0.2, 0) is 4.79 Å². The van der Waals surface area contributed by atoms with Gasteiger partial charge >= 0.3 is 0 Å². The predicted octanol–water partition coefficient (Wildman–Crippen LogP) is 2.41. The molecule has 0 saturated carbocycles. The van der Waals surface area contributed by atoms with Crippen molar-refractivity contribution in [1.29, 1.82) is 0 Å². The van der Waals surface area contributed by atoms with Gasteiger partial charge in [-0.3, -0.25) is 4.79 Å². The van der Waals surface area contributed by atoms with Gasteiger partial charge in [0.05, 0.1) is 18.6 Å². The number of methoxy groups -OCH3 is 1. The predicted molar refractivity (Wildman–Crippen MR) is 104 cm³/mol. The molecule has 0 spiro atoms. The minimum absolute atomic E-state index is 0.0319. The van der Waals surface area contributed by atoms with Crippen LogP contribution in [0.3, 0.4) is 0 Å². The number of benzene rings is 1. The molecule has 1 aromatic carbocycles. The molecule has 2 N–H and O–H groups in total. The lowest BCUT2D eigenvalue weighted by Gasteiger charge is -2.34. The minimum Gasteiger partial charge on any atom is -0.496 e. The maximum atomic E-state index is 12.6. The zero-order valence-electron chi connectivity index (χ0n) is 14.8. The van der Waals surface area contributed by atoms with Gasteiger partial charge < -0.3 is 20.3 Å². The summed E-state index contributed by atoms with van der Waals surface area (Å²) in [6, 6.07) is 6.09. The van der Waals surface area contributed by atoms with E-state index < -0.39 is 0 Å². The van der Waals surface area contributed by atoms with Crippen molar-refractivity contribution in [2.45, 2.75) is 12.7 Å². The molecule has 2 atom stereocenters. The molecule has 0 aliphatic carbocycles. The molecule has 0 radical (unpaired) electrons. The van der Waals surface area contributed by atoms with Crippen molar-refractivity contribution in [1.82, 2.24) is 15.5 Å². The van der Waals surface area contributed by atoms with E-state index >= 15 is 0 Å². The molecule has 0 saturated heterocycles. The zero-order chi connectivity index (χ0) is 17.8. The molecule has 0 aromatic heterocycles. The summed E-state index contributed by atoms with van der Waals surface area (Å²) < 4.78 is 5.32. The van der Waals surface area contributed by atoms with E-state index in [1.807, 2.05) is 37.2 Å². The Bertz CT molecular complexity index is 755. The van der Waals surface area contributed by atoms with E-state index in [0.717, 1.165) is 41.0 Å².